The SMILES string of the molecule is N#CC=CC1CCN(Cc2ccccc2)CC1. The van der Waals surface area contributed by atoms with Gasteiger partial charge >= 0.3 is 0 Å². The molecular formula is C15H18N2. The van der Waals surface area contributed by atoms with Crippen molar-refractivity contribution >= 4 is 0 Å². The molecule has 0 radical (unpaired) electrons. The van der Waals surface area contributed by atoms with Gasteiger partial charge in [0.25, 0.3) is 0 Å². The average molecular weight is 226 g/mol. The summed E-state index contributed by atoms with van der Waals surface area (Å²) in [5.74, 6) is 0.599. The van der Waals surface area contributed by atoms with E-state index < -0.39 is 0 Å². The van der Waals surface area contributed by atoms with Crippen LogP contribution in [0.5, 0.6) is 0 Å². The van der Waals surface area contributed by atoms with Gasteiger partial charge in [0, 0.05) is 12.6 Å². The van der Waals surface area contributed by atoms with Crippen molar-refractivity contribution in [3.05, 3.63) is 48.0 Å². The van der Waals surface area contributed by atoms with E-state index in [2.05, 4.69) is 47.4 Å². The zero-order chi connectivity index (χ0) is 11.9. The zero-order valence-electron chi connectivity index (χ0n) is 10.0. The maximum Gasteiger partial charge on any atom is 0.0908 e. The smallest absolute Gasteiger partial charge is 0.0908 e. The highest BCUT2D eigenvalue weighted by atomic mass is 15.1. The molecule has 0 bridgehead atoms. The Kier molecular flexibility index (Phi) is 4.35. The van der Waals surface area contributed by atoms with E-state index in [1.54, 1.807) is 6.08 Å². The number of nitriles is 1. The zero-order valence-corrected chi connectivity index (χ0v) is 10.0. The molecule has 0 atom stereocenters. The summed E-state index contributed by atoms with van der Waals surface area (Å²) in [5.41, 5.74) is 1.39. The van der Waals surface area contributed by atoms with Gasteiger partial charge in [-0.05, 0) is 37.4 Å². The lowest BCUT2D eigenvalue weighted by atomic mass is 9.96. The molecule has 1 fully saturated rings. The van der Waals surface area contributed by atoms with E-state index in [1.165, 1.54) is 18.4 Å². The first kappa shape index (κ1) is 11.9. The van der Waals surface area contributed by atoms with Gasteiger partial charge in [-0.1, -0.05) is 36.4 Å². The van der Waals surface area contributed by atoms with Crippen LogP contribution >= 0.6 is 0 Å². The van der Waals surface area contributed by atoms with Crippen LogP contribution in [-0.4, -0.2) is 18.0 Å². The van der Waals surface area contributed by atoms with Crippen molar-refractivity contribution < 1.29 is 0 Å². The molecule has 0 amide bonds. The minimum Gasteiger partial charge on any atom is -0.299 e. The van der Waals surface area contributed by atoms with Crippen molar-refractivity contribution in [3.8, 4) is 6.07 Å². The molecule has 88 valence electrons. The highest BCUT2D eigenvalue weighted by Gasteiger charge is 2.16. The van der Waals surface area contributed by atoms with E-state index in [1.807, 2.05) is 0 Å². The lowest BCUT2D eigenvalue weighted by Crippen LogP contribution is -2.32. The first-order valence-electron chi connectivity index (χ1n) is 6.21. The Labute approximate surface area is 103 Å². The Morgan fingerprint density at radius 2 is 1.94 bits per heavy atom. The van der Waals surface area contributed by atoms with E-state index in [-0.39, 0.29) is 0 Å². The predicted octanol–water partition coefficient (Wildman–Crippen LogP) is 2.98. The third-order valence-corrected chi connectivity index (χ3v) is 3.32. The molecule has 0 aromatic heterocycles. The van der Waals surface area contributed by atoms with Crippen LogP contribution in [-0.2, 0) is 6.54 Å². The number of hydrogen-bond donors (Lipinski definition) is 0. The maximum atomic E-state index is 8.50. The van der Waals surface area contributed by atoms with E-state index in [9.17, 15) is 0 Å². The number of hydrogen-bond acceptors (Lipinski definition) is 2. The summed E-state index contributed by atoms with van der Waals surface area (Å²) in [6, 6.07) is 12.7. The Hall–Kier alpha value is -1.59. The summed E-state index contributed by atoms with van der Waals surface area (Å²) in [6.07, 6.45) is 6.02. The number of likely N-dealkylation sites (tertiary alicyclic amines) is 1. The number of allylic oxidation sites excluding steroid dienone is 2. The normalized spacial score (nSPS) is 18.3. The number of rotatable bonds is 3. The van der Waals surface area contributed by atoms with Crippen molar-refractivity contribution in [2.75, 3.05) is 13.1 Å². The highest BCUT2D eigenvalue weighted by Crippen LogP contribution is 2.19. The Morgan fingerprint density at radius 3 is 2.59 bits per heavy atom. The van der Waals surface area contributed by atoms with Crippen molar-refractivity contribution in [1.29, 1.82) is 5.26 Å². The lowest BCUT2D eigenvalue weighted by molar-refractivity contribution is 0.196. The number of piperidine rings is 1. The van der Waals surface area contributed by atoms with E-state index in [0.29, 0.717) is 5.92 Å². The molecule has 0 N–H and O–H groups in total. The Balaban J connectivity index is 1.80. The quantitative estimate of drug-likeness (QED) is 0.741. The Bertz CT molecular complexity index is 395. The summed E-state index contributed by atoms with van der Waals surface area (Å²) >= 11 is 0. The molecule has 2 rings (SSSR count). The molecule has 1 aromatic carbocycles. The third kappa shape index (κ3) is 3.72. The van der Waals surface area contributed by atoms with E-state index >= 15 is 0 Å². The number of benzene rings is 1. The van der Waals surface area contributed by atoms with Crippen LogP contribution < -0.4 is 0 Å². The second-order valence-corrected chi connectivity index (χ2v) is 4.59. The van der Waals surface area contributed by atoms with Crippen LogP contribution in [0.3, 0.4) is 0 Å². The Morgan fingerprint density at radius 1 is 1.24 bits per heavy atom. The summed E-state index contributed by atoms with van der Waals surface area (Å²) in [7, 11) is 0. The fraction of sp³-hybridized carbons (Fsp3) is 0.400. The van der Waals surface area contributed by atoms with Crippen LogP contribution in [0.2, 0.25) is 0 Å². The van der Waals surface area contributed by atoms with Gasteiger partial charge in [-0.15, -0.1) is 0 Å². The number of nitrogens with zero attached hydrogens (tertiary/aromatic N) is 2. The van der Waals surface area contributed by atoms with Gasteiger partial charge in [-0.25, -0.2) is 0 Å². The molecule has 0 unspecified atom stereocenters. The summed E-state index contributed by atoms with van der Waals surface area (Å²) < 4.78 is 0. The molecule has 1 saturated heterocycles. The van der Waals surface area contributed by atoms with Gasteiger partial charge in [0.1, 0.15) is 0 Å². The summed E-state index contributed by atoms with van der Waals surface area (Å²) in [5, 5.41) is 8.50. The van der Waals surface area contributed by atoms with Crippen molar-refractivity contribution in [3.63, 3.8) is 0 Å². The van der Waals surface area contributed by atoms with Crippen LogP contribution in [0.4, 0.5) is 0 Å². The molecule has 0 aliphatic carbocycles. The van der Waals surface area contributed by atoms with Crippen molar-refractivity contribution in [2.24, 2.45) is 5.92 Å². The molecule has 17 heavy (non-hydrogen) atoms. The standard InChI is InChI=1S/C15H18N2/c16-10-4-7-14-8-11-17(12-9-14)13-15-5-2-1-3-6-15/h1-7,14H,8-9,11-13H2. The summed E-state index contributed by atoms with van der Waals surface area (Å²) in [4.78, 5) is 2.49. The topological polar surface area (TPSA) is 27.0 Å². The molecule has 1 heterocycles. The molecule has 2 nitrogen and oxygen atoms in total. The highest BCUT2D eigenvalue weighted by molar-refractivity contribution is 5.14. The minimum absolute atomic E-state index is 0.599. The fourth-order valence-electron chi connectivity index (χ4n) is 2.32. The minimum atomic E-state index is 0.599. The van der Waals surface area contributed by atoms with Crippen LogP contribution in [0, 0.1) is 17.2 Å². The van der Waals surface area contributed by atoms with E-state index in [4.69, 9.17) is 5.26 Å². The second kappa shape index (κ2) is 6.22. The van der Waals surface area contributed by atoms with Crippen LogP contribution in [0.15, 0.2) is 42.5 Å². The molecule has 1 aliphatic heterocycles. The largest absolute Gasteiger partial charge is 0.299 e. The molecule has 2 heteroatoms. The first-order valence-corrected chi connectivity index (χ1v) is 6.21. The lowest BCUT2D eigenvalue weighted by Gasteiger charge is -2.30. The molecule has 1 aromatic rings. The van der Waals surface area contributed by atoms with Crippen molar-refractivity contribution in [2.45, 2.75) is 19.4 Å². The van der Waals surface area contributed by atoms with Crippen molar-refractivity contribution in [1.82, 2.24) is 4.90 Å². The van der Waals surface area contributed by atoms with Gasteiger partial charge in [0.2, 0.25) is 0 Å². The average Bonchev–Trinajstić information content (AvgIpc) is 2.39. The maximum absolute atomic E-state index is 8.50. The second-order valence-electron chi connectivity index (χ2n) is 4.59. The first-order chi connectivity index (χ1) is 8.38. The molecule has 0 spiro atoms. The fourth-order valence-corrected chi connectivity index (χ4v) is 2.32. The van der Waals surface area contributed by atoms with Gasteiger partial charge in [-0.2, -0.15) is 5.26 Å². The van der Waals surface area contributed by atoms with Crippen LogP contribution in [0.25, 0.3) is 0 Å². The van der Waals surface area contributed by atoms with Gasteiger partial charge in [-0.3, -0.25) is 4.90 Å². The van der Waals surface area contributed by atoms with Crippen LogP contribution in [0.1, 0.15) is 18.4 Å². The van der Waals surface area contributed by atoms with Gasteiger partial charge in [0.05, 0.1) is 6.07 Å². The van der Waals surface area contributed by atoms with Gasteiger partial charge in [0.15, 0.2) is 0 Å². The summed E-state index contributed by atoms with van der Waals surface area (Å²) in [6.45, 7) is 3.32. The molecular weight excluding hydrogens is 208 g/mol. The van der Waals surface area contributed by atoms with Gasteiger partial charge < -0.3 is 0 Å². The van der Waals surface area contributed by atoms with E-state index in [0.717, 1.165) is 19.6 Å². The third-order valence-electron chi connectivity index (χ3n) is 3.32. The monoisotopic (exact) mass is 226 g/mol. The predicted molar refractivity (Wildman–Crippen MR) is 69.2 cm³/mol. The molecule has 0 saturated carbocycles. The molecule has 1 aliphatic rings.